The second-order valence-corrected chi connectivity index (χ2v) is 5.42. The molecule has 0 aliphatic carbocycles. The van der Waals surface area contributed by atoms with E-state index in [1.807, 2.05) is 5.32 Å². The van der Waals surface area contributed by atoms with Crippen LogP contribution in [0.3, 0.4) is 0 Å². The molecular weight excluding hydrogens is 380 g/mol. The van der Waals surface area contributed by atoms with Gasteiger partial charge in [0.05, 0.1) is 5.56 Å². The first-order valence-corrected chi connectivity index (χ1v) is 7.88. The van der Waals surface area contributed by atoms with Gasteiger partial charge in [0.15, 0.2) is 18.1 Å². The molecular formula is C18H13F2NO7. The molecule has 2 aromatic carbocycles. The van der Waals surface area contributed by atoms with Crippen LogP contribution < -0.4 is 19.5 Å². The number of ether oxygens (including phenoxy) is 4. The molecule has 0 radical (unpaired) electrons. The number of esters is 1. The van der Waals surface area contributed by atoms with Crippen molar-refractivity contribution in [3.05, 3.63) is 53.6 Å². The molecule has 10 heteroatoms. The van der Waals surface area contributed by atoms with Gasteiger partial charge in [0.1, 0.15) is 5.75 Å². The van der Waals surface area contributed by atoms with Crippen LogP contribution in [0, 0.1) is 0 Å². The zero-order chi connectivity index (χ0) is 20.1. The predicted octanol–water partition coefficient (Wildman–Crippen LogP) is 2.13. The molecule has 1 aliphatic heterocycles. The Labute approximate surface area is 156 Å². The summed E-state index contributed by atoms with van der Waals surface area (Å²) in [5.41, 5.74) is 0.190. The molecule has 1 heterocycles. The van der Waals surface area contributed by atoms with Crippen LogP contribution in [0.4, 0.5) is 8.78 Å². The number of fused-ring (bicyclic) bond motifs is 1. The first kappa shape index (κ1) is 19.1. The molecule has 28 heavy (non-hydrogen) atoms. The molecule has 0 unspecified atom stereocenters. The van der Waals surface area contributed by atoms with Crippen molar-refractivity contribution < 1.29 is 42.1 Å². The van der Waals surface area contributed by atoms with Crippen LogP contribution in [0.5, 0.6) is 17.2 Å². The monoisotopic (exact) mass is 393 g/mol. The number of carbonyl (C=O) groups is 3. The number of halogens is 2. The standard InChI is InChI=1S/C18H13F2NO7/c19-18(20)28-12-4-1-10(2-5-12)16(23)21-15(22)8-25-17(24)11-3-6-13-14(7-11)27-9-26-13/h1-7,18H,8-9H2,(H,21,22,23). The number of amides is 2. The van der Waals surface area contributed by atoms with E-state index in [-0.39, 0.29) is 23.7 Å². The number of benzene rings is 2. The van der Waals surface area contributed by atoms with Gasteiger partial charge in [0, 0.05) is 5.56 Å². The lowest BCUT2D eigenvalue weighted by molar-refractivity contribution is -0.123. The molecule has 0 spiro atoms. The third-order valence-electron chi connectivity index (χ3n) is 3.54. The van der Waals surface area contributed by atoms with Gasteiger partial charge in [0.25, 0.3) is 11.8 Å². The molecule has 146 valence electrons. The average molecular weight is 393 g/mol. The topological polar surface area (TPSA) is 100 Å². The maximum atomic E-state index is 12.1. The van der Waals surface area contributed by atoms with Crippen LogP contribution in [0.1, 0.15) is 20.7 Å². The highest BCUT2D eigenvalue weighted by Gasteiger charge is 2.18. The summed E-state index contributed by atoms with van der Waals surface area (Å²) in [5, 5.41) is 2.02. The largest absolute Gasteiger partial charge is 0.454 e. The third-order valence-corrected chi connectivity index (χ3v) is 3.54. The van der Waals surface area contributed by atoms with E-state index in [0.29, 0.717) is 11.5 Å². The average Bonchev–Trinajstić information content (AvgIpc) is 3.14. The van der Waals surface area contributed by atoms with E-state index in [1.54, 1.807) is 0 Å². The van der Waals surface area contributed by atoms with Crippen LogP contribution in [0.25, 0.3) is 0 Å². The maximum absolute atomic E-state index is 12.1. The summed E-state index contributed by atoms with van der Waals surface area (Å²) in [6.45, 7) is -3.63. The van der Waals surface area contributed by atoms with Crippen LogP contribution >= 0.6 is 0 Å². The van der Waals surface area contributed by atoms with Gasteiger partial charge in [-0.25, -0.2) is 4.79 Å². The minimum atomic E-state index is -2.99. The molecule has 0 saturated heterocycles. The Kier molecular flexibility index (Phi) is 5.68. The fourth-order valence-corrected chi connectivity index (χ4v) is 2.26. The molecule has 0 aromatic heterocycles. The van der Waals surface area contributed by atoms with E-state index >= 15 is 0 Å². The quantitative estimate of drug-likeness (QED) is 0.751. The summed E-state index contributed by atoms with van der Waals surface area (Å²) in [4.78, 5) is 35.7. The third kappa shape index (κ3) is 4.72. The minimum Gasteiger partial charge on any atom is -0.454 e. The van der Waals surface area contributed by atoms with E-state index in [0.717, 1.165) is 12.1 Å². The number of imide groups is 1. The smallest absolute Gasteiger partial charge is 0.387 e. The number of hydrogen-bond acceptors (Lipinski definition) is 7. The number of carbonyl (C=O) groups excluding carboxylic acids is 3. The second kappa shape index (κ2) is 8.33. The summed E-state index contributed by atoms with van der Waals surface area (Å²) in [6, 6.07) is 9.12. The summed E-state index contributed by atoms with van der Waals surface area (Å²) >= 11 is 0. The van der Waals surface area contributed by atoms with E-state index in [9.17, 15) is 23.2 Å². The summed E-state index contributed by atoms with van der Waals surface area (Å²) in [7, 11) is 0. The highest BCUT2D eigenvalue weighted by molar-refractivity contribution is 6.05. The first-order chi connectivity index (χ1) is 13.4. The fraction of sp³-hybridized carbons (Fsp3) is 0.167. The van der Waals surface area contributed by atoms with Gasteiger partial charge in [-0.1, -0.05) is 0 Å². The minimum absolute atomic E-state index is 0.0389. The Hall–Kier alpha value is -3.69. The van der Waals surface area contributed by atoms with Crippen molar-refractivity contribution in [1.29, 1.82) is 0 Å². The van der Waals surface area contributed by atoms with Gasteiger partial charge < -0.3 is 18.9 Å². The zero-order valence-corrected chi connectivity index (χ0v) is 14.1. The van der Waals surface area contributed by atoms with Gasteiger partial charge in [-0.05, 0) is 42.5 Å². The van der Waals surface area contributed by atoms with Crippen molar-refractivity contribution in [2.45, 2.75) is 6.61 Å². The van der Waals surface area contributed by atoms with E-state index in [2.05, 4.69) is 4.74 Å². The fourth-order valence-electron chi connectivity index (χ4n) is 2.26. The highest BCUT2D eigenvalue weighted by Crippen LogP contribution is 2.32. The van der Waals surface area contributed by atoms with Crippen molar-refractivity contribution in [1.82, 2.24) is 5.32 Å². The first-order valence-electron chi connectivity index (χ1n) is 7.88. The molecule has 2 amide bonds. The van der Waals surface area contributed by atoms with Gasteiger partial charge in [-0.3, -0.25) is 14.9 Å². The molecule has 8 nitrogen and oxygen atoms in total. The summed E-state index contributed by atoms with van der Waals surface area (Å²) in [6.07, 6.45) is 0. The SMILES string of the molecule is O=C(COC(=O)c1ccc2c(c1)OCO2)NC(=O)c1ccc(OC(F)F)cc1. The Morgan fingerprint density at radius 2 is 1.68 bits per heavy atom. The Morgan fingerprint density at radius 3 is 2.39 bits per heavy atom. The van der Waals surface area contributed by atoms with E-state index in [4.69, 9.17) is 14.2 Å². The molecule has 2 aromatic rings. The molecule has 0 fully saturated rings. The van der Waals surface area contributed by atoms with Crippen molar-refractivity contribution in [2.75, 3.05) is 13.4 Å². The number of rotatable bonds is 6. The Balaban J connectivity index is 1.49. The Bertz CT molecular complexity index is 899. The summed E-state index contributed by atoms with van der Waals surface area (Å²) < 4.78 is 43.4. The molecule has 3 rings (SSSR count). The van der Waals surface area contributed by atoms with Crippen LogP contribution in [-0.2, 0) is 9.53 Å². The number of nitrogens with one attached hydrogen (secondary N) is 1. The lowest BCUT2D eigenvalue weighted by Gasteiger charge is -2.07. The van der Waals surface area contributed by atoms with Crippen LogP contribution in [0.2, 0.25) is 0 Å². The van der Waals surface area contributed by atoms with Crippen LogP contribution in [0.15, 0.2) is 42.5 Å². The lowest BCUT2D eigenvalue weighted by Crippen LogP contribution is -2.34. The second-order valence-electron chi connectivity index (χ2n) is 5.42. The van der Waals surface area contributed by atoms with Gasteiger partial charge in [-0.15, -0.1) is 0 Å². The predicted molar refractivity (Wildman–Crippen MR) is 88.4 cm³/mol. The number of hydrogen-bond donors (Lipinski definition) is 1. The molecule has 0 atom stereocenters. The van der Waals surface area contributed by atoms with Crippen LogP contribution in [-0.4, -0.2) is 37.8 Å². The van der Waals surface area contributed by atoms with Gasteiger partial charge in [0.2, 0.25) is 6.79 Å². The Morgan fingerprint density at radius 1 is 1.00 bits per heavy atom. The van der Waals surface area contributed by atoms with Crippen molar-refractivity contribution in [3.8, 4) is 17.2 Å². The normalized spacial score (nSPS) is 11.8. The molecule has 1 N–H and O–H groups in total. The lowest BCUT2D eigenvalue weighted by atomic mass is 10.2. The zero-order valence-electron chi connectivity index (χ0n) is 14.1. The number of alkyl halides is 2. The van der Waals surface area contributed by atoms with Gasteiger partial charge in [-0.2, -0.15) is 8.78 Å². The van der Waals surface area contributed by atoms with Crippen molar-refractivity contribution in [3.63, 3.8) is 0 Å². The molecule has 0 bridgehead atoms. The molecule has 0 saturated carbocycles. The van der Waals surface area contributed by atoms with Crippen molar-refractivity contribution >= 4 is 17.8 Å². The van der Waals surface area contributed by atoms with E-state index < -0.39 is 31.0 Å². The van der Waals surface area contributed by atoms with Crippen molar-refractivity contribution in [2.24, 2.45) is 0 Å². The highest BCUT2D eigenvalue weighted by atomic mass is 19.3. The summed E-state index contributed by atoms with van der Waals surface area (Å²) in [5.74, 6) is -1.68. The molecule has 1 aliphatic rings. The van der Waals surface area contributed by atoms with Gasteiger partial charge >= 0.3 is 12.6 Å². The maximum Gasteiger partial charge on any atom is 0.387 e. The van der Waals surface area contributed by atoms with E-state index in [1.165, 1.54) is 30.3 Å².